The molecule has 0 aliphatic carbocycles. The van der Waals surface area contributed by atoms with E-state index in [1.54, 1.807) is 6.92 Å². The Labute approximate surface area is 122 Å². The molecular weight excluding hydrogens is 254 g/mol. The summed E-state index contributed by atoms with van der Waals surface area (Å²) in [4.78, 5) is 27.8. The second-order valence-corrected chi connectivity index (χ2v) is 6.36. The smallest absolute Gasteiger partial charge is 0.240 e. The lowest BCUT2D eigenvalue weighted by Crippen LogP contribution is -2.52. The van der Waals surface area contributed by atoms with Gasteiger partial charge in [0, 0.05) is 32.1 Å². The third-order valence-corrected chi connectivity index (χ3v) is 4.10. The summed E-state index contributed by atoms with van der Waals surface area (Å²) in [5.74, 6) is 0.222. The molecule has 5 heteroatoms. The van der Waals surface area contributed by atoms with Gasteiger partial charge in [-0.2, -0.15) is 0 Å². The monoisotopic (exact) mass is 283 g/mol. The molecule has 0 saturated carbocycles. The maximum Gasteiger partial charge on any atom is 0.240 e. The van der Waals surface area contributed by atoms with Gasteiger partial charge in [-0.3, -0.25) is 9.59 Å². The quantitative estimate of drug-likeness (QED) is 0.825. The number of nitrogens with two attached hydrogens (primary N) is 1. The Morgan fingerprint density at radius 2 is 1.90 bits per heavy atom. The van der Waals surface area contributed by atoms with Crippen molar-refractivity contribution in [2.45, 2.75) is 65.6 Å². The van der Waals surface area contributed by atoms with Crippen LogP contribution in [0.4, 0.5) is 0 Å². The van der Waals surface area contributed by atoms with E-state index in [0.29, 0.717) is 6.54 Å². The maximum absolute atomic E-state index is 12.4. The fourth-order valence-corrected chi connectivity index (χ4v) is 2.72. The Morgan fingerprint density at radius 3 is 2.35 bits per heavy atom. The molecule has 5 nitrogen and oxygen atoms in total. The van der Waals surface area contributed by atoms with Crippen LogP contribution in [0.1, 0.15) is 47.5 Å². The molecule has 116 valence electrons. The Morgan fingerprint density at radius 1 is 1.30 bits per heavy atom. The molecular formula is C15H29N3O2. The summed E-state index contributed by atoms with van der Waals surface area (Å²) in [5.41, 5.74) is 5.98. The summed E-state index contributed by atoms with van der Waals surface area (Å²) in [6.07, 6.45) is 1.94. The lowest BCUT2D eigenvalue weighted by atomic mass is 10.0. The Hall–Kier alpha value is -1.10. The average Bonchev–Trinajstić information content (AvgIpc) is 2.81. The van der Waals surface area contributed by atoms with Crippen molar-refractivity contribution < 1.29 is 9.59 Å². The van der Waals surface area contributed by atoms with E-state index in [1.807, 2.05) is 37.5 Å². The third-order valence-electron chi connectivity index (χ3n) is 4.10. The van der Waals surface area contributed by atoms with Crippen LogP contribution in [-0.4, -0.2) is 52.8 Å². The van der Waals surface area contributed by atoms with Gasteiger partial charge in [-0.1, -0.05) is 13.8 Å². The zero-order valence-electron chi connectivity index (χ0n) is 13.4. The van der Waals surface area contributed by atoms with Gasteiger partial charge in [-0.05, 0) is 32.6 Å². The summed E-state index contributed by atoms with van der Waals surface area (Å²) >= 11 is 0. The van der Waals surface area contributed by atoms with Crippen molar-refractivity contribution in [3.8, 4) is 0 Å². The second kappa shape index (κ2) is 7.07. The third kappa shape index (κ3) is 3.95. The minimum atomic E-state index is -0.444. The van der Waals surface area contributed by atoms with Gasteiger partial charge >= 0.3 is 0 Å². The normalized spacial score (nSPS) is 20.6. The fourth-order valence-electron chi connectivity index (χ4n) is 2.72. The van der Waals surface area contributed by atoms with E-state index in [0.717, 1.165) is 19.4 Å². The molecule has 1 saturated heterocycles. The van der Waals surface area contributed by atoms with Crippen molar-refractivity contribution in [1.82, 2.24) is 9.80 Å². The van der Waals surface area contributed by atoms with Gasteiger partial charge < -0.3 is 15.5 Å². The van der Waals surface area contributed by atoms with Crippen molar-refractivity contribution in [3.05, 3.63) is 0 Å². The predicted molar refractivity (Wildman–Crippen MR) is 80.1 cm³/mol. The van der Waals surface area contributed by atoms with E-state index in [1.165, 1.54) is 0 Å². The van der Waals surface area contributed by atoms with Crippen molar-refractivity contribution >= 4 is 11.8 Å². The molecule has 2 N–H and O–H groups in total. The molecule has 20 heavy (non-hydrogen) atoms. The molecule has 0 radical (unpaired) electrons. The molecule has 1 heterocycles. The van der Waals surface area contributed by atoms with Crippen LogP contribution in [0.2, 0.25) is 0 Å². The number of hydrogen-bond donors (Lipinski definition) is 1. The van der Waals surface area contributed by atoms with Crippen molar-refractivity contribution in [3.63, 3.8) is 0 Å². The highest BCUT2D eigenvalue weighted by molar-refractivity contribution is 5.82. The molecule has 0 spiro atoms. The first-order valence-electron chi connectivity index (χ1n) is 7.59. The molecule has 0 aromatic heterocycles. The largest absolute Gasteiger partial charge is 0.338 e. The van der Waals surface area contributed by atoms with Gasteiger partial charge in [0.1, 0.15) is 0 Å². The van der Waals surface area contributed by atoms with Gasteiger partial charge in [-0.25, -0.2) is 0 Å². The van der Waals surface area contributed by atoms with E-state index in [-0.39, 0.29) is 29.8 Å². The highest BCUT2D eigenvalue weighted by atomic mass is 16.2. The zero-order valence-corrected chi connectivity index (χ0v) is 13.4. The number of hydrogen-bond acceptors (Lipinski definition) is 3. The van der Waals surface area contributed by atoms with Crippen LogP contribution < -0.4 is 5.73 Å². The number of nitrogens with zero attached hydrogens (tertiary/aromatic N) is 2. The lowest BCUT2D eigenvalue weighted by molar-refractivity contribution is -0.138. The molecule has 2 atom stereocenters. The van der Waals surface area contributed by atoms with Gasteiger partial charge in [0.25, 0.3) is 0 Å². The minimum absolute atomic E-state index is 0.0229. The summed E-state index contributed by atoms with van der Waals surface area (Å²) in [6, 6.07) is -0.178. The van der Waals surface area contributed by atoms with Crippen LogP contribution in [0, 0.1) is 5.92 Å². The van der Waals surface area contributed by atoms with E-state index in [4.69, 9.17) is 5.73 Å². The van der Waals surface area contributed by atoms with Crippen LogP contribution in [-0.2, 0) is 9.59 Å². The van der Waals surface area contributed by atoms with Crippen molar-refractivity contribution in [2.24, 2.45) is 11.7 Å². The Kier molecular flexibility index (Phi) is 5.99. The van der Waals surface area contributed by atoms with Gasteiger partial charge in [-0.15, -0.1) is 0 Å². The second-order valence-electron chi connectivity index (χ2n) is 6.36. The number of likely N-dealkylation sites (tertiary alicyclic amines) is 1. The van der Waals surface area contributed by atoms with Crippen LogP contribution in [0.15, 0.2) is 0 Å². The van der Waals surface area contributed by atoms with E-state index < -0.39 is 6.04 Å². The van der Waals surface area contributed by atoms with Gasteiger partial charge in [0.15, 0.2) is 0 Å². The van der Waals surface area contributed by atoms with Crippen LogP contribution in [0.25, 0.3) is 0 Å². The molecule has 0 aromatic rings. The Bertz CT molecular complexity index is 355. The van der Waals surface area contributed by atoms with Crippen LogP contribution in [0.5, 0.6) is 0 Å². The van der Waals surface area contributed by atoms with E-state index in [2.05, 4.69) is 0 Å². The molecule has 2 amide bonds. The van der Waals surface area contributed by atoms with E-state index >= 15 is 0 Å². The SMILES string of the molecule is CC(=O)N(CC1CCCN1C(=O)[C@@H](N)C(C)C)C(C)C. The summed E-state index contributed by atoms with van der Waals surface area (Å²) < 4.78 is 0. The van der Waals surface area contributed by atoms with Crippen LogP contribution in [0.3, 0.4) is 0 Å². The lowest BCUT2D eigenvalue weighted by Gasteiger charge is -2.34. The molecule has 1 rings (SSSR count). The average molecular weight is 283 g/mol. The van der Waals surface area contributed by atoms with Crippen molar-refractivity contribution in [1.29, 1.82) is 0 Å². The number of rotatable bonds is 5. The fraction of sp³-hybridized carbons (Fsp3) is 0.867. The summed E-state index contributed by atoms with van der Waals surface area (Å²) in [5, 5.41) is 0. The molecule has 1 aliphatic heterocycles. The number of amides is 2. The molecule has 0 aromatic carbocycles. The topological polar surface area (TPSA) is 66.6 Å². The first-order chi connectivity index (χ1) is 9.25. The summed E-state index contributed by atoms with van der Waals surface area (Å²) in [7, 11) is 0. The first-order valence-corrected chi connectivity index (χ1v) is 7.59. The van der Waals surface area contributed by atoms with Crippen LogP contribution >= 0.6 is 0 Å². The molecule has 1 fully saturated rings. The molecule has 1 aliphatic rings. The standard InChI is InChI=1S/C15H29N3O2/c1-10(2)14(16)15(20)17-8-6-7-13(17)9-18(11(3)4)12(5)19/h10-11,13-14H,6-9,16H2,1-5H3/t13?,14-/m0/s1. The number of carbonyl (C=O) groups is 2. The van der Waals surface area contributed by atoms with Crippen molar-refractivity contribution in [2.75, 3.05) is 13.1 Å². The maximum atomic E-state index is 12.4. The first kappa shape index (κ1) is 17.0. The zero-order chi connectivity index (χ0) is 15.4. The minimum Gasteiger partial charge on any atom is -0.338 e. The Balaban J connectivity index is 2.74. The number of carbonyl (C=O) groups excluding carboxylic acids is 2. The van der Waals surface area contributed by atoms with Gasteiger partial charge in [0.2, 0.25) is 11.8 Å². The molecule has 0 bridgehead atoms. The predicted octanol–water partition coefficient (Wildman–Crippen LogP) is 1.22. The highest BCUT2D eigenvalue weighted by Gasteiger charge is 2.34. The van der Waals surface area contributed by atoms with Gasteiger partial charge in [0.05, 0.1) is 6.04 Å². The summed E-state index contributed by atoms with van der Waals surface area (Å²) in [6.45, 7) is 10.9. The van der Waals surface area contributed by atoms with E-state index in [9.17, 15) is 9.59 Å². The molecule has 1 unspecified atom stereocenters. The highest BCUT2D eigenvalue weighted by Crippen LogP contribution is 2.21.